The lowest BCUT2D eigenvalue weighted by Gasteiger charge is -2.22. The fraction of sp³-hybridized carbons (Fsp3) is 0.0769. The zero-order valence-electron chi connectivity index (χ0n) is 17.7. The first kappa shape index (κ1) is 20.7. The van der Waals surface area contributed by atoms with Crippen molar-refractivity contribution in [2.24, 2.45) is 21.6 Å². The molecule has 0 atom stereocenters. The van der Waals surface area contributed by atoms with Crippen molar-refractivity contribution in [2.75, 3.05) is 0 Å². The van der Waals surface area contributed by atoms with Crippen LogP contribution in [0.2, 0.25) is 0 Å². The third-order valence-corrected chi connectivity index (χ3v) is 8.00. The molecule has 7 heteroatoms. The second-order valence-corrected chi connectivity index (χ2v) is 9.99. The second-order valence-electron chi connectivity index (χ2n) is 7.93. The van der Waals surface area contributed by atoms with E-state index in [0.29, 0.717) is 13.1 Å². The third kappa shape index (κ3) is 3.68. The molecule has 6 rings (SSSR count). The molecule has 162 valence electrons. The van der Waals surface area contributed by atoms with Crippen molar-refractivity contribution in [3.63, 3.8) is 0 Å². The summed E-state index contributed by atoms with van der Waals surface area (Å²) in [7, 11) is 0. The van der Waals surface area contributed by atoms with Gasteiger partial charge in [0.15, 0.2) is 0 Å². The molecule has 0 saturated carbocycles. The van der Waals surface area contributed by atoms with Crippen molar-refractivity contribution in [1.82, 2.24) is 5.43 Å². The van der Waals surface area contributed by atoms with Gasteiger partial charge < -0.3 is 5.73 Å². The van der Waals surface area contributed by atoms with Crippen LogP contribution in [-0.2, 0) is 13.1 Å². The number of aliphatic imine (C=N–C) groups is 2. The molecule has 0 bridgehead atoms. The molecule has 0 saturated heterocycles. The quantitative estimate of drug-likeness (QED) is 0.261. The minimum atomic E-state index is 0.544. The zero-order chi connectivity index (χ0) is 22.4. The van der Waals surface area contributed by atoms with Gasteiger partial charge in [-0.15, -0.1) is 0 Å². The van der Waals surface area contributed by atoms with E-state index < -0.39 is 0 Å². The number of hydrogen-bond donors (Lipinski definition) is 3. The Kier molecular flexibility index (Phi) is 5.28. The lowest BCUT2D eigenvalue weighted by Crippen LogP contribution is -2.20. The van der Waals surface area contributed by atoms with E-state index in [4.69, 9.17) is 21.6 Å². The van der Waals surface area contributed by atoms with E-state index in [0.717, 1.165) is 43.7 Å². The van der Waals surface area contributed by atoms with Crippen molar-refractivity contribution in [3.8, 4) is 0 Å². The summed E-state index contributed by atoms with van der Waals surface area (Å²) in [5.74, 6) is 5.44. The highest BCUT2D eigenvalue weighted by molar-refractivity contribution is 8.15. The molecule has 0 spiro atoms. The smallest absolute Gasteiger partial charge is 0.109 e. The fourth-order valence-electron chi connectivity index (χ4n) is 4.14. The highest BCUT2D eigenvalue weighted by Crippen LogP contribution is 2.50. The summed E-state index contributed by atoms with van der Waals surface area (Å²) in [6.07, 6.45) is 0. The Bertz CT molecular complexity index is 1440. The van der Waals surface area contributed by atoms with Gasteiger partial charge in [0.1, 0.15) is 10.1 Å². The van der Waals surface area contributed by atoms with Crippen molar-refractivity contribution >= 4 is 55.8 Å². The number of nitrogens with two attached hydrogens (primary N) is 2. The van der Waals surface area contributed by atoms with Crippen LogP contribution in [-0.4, -0.2) is 10.1 Å². The Morgan fingerprint density at radius 2 is 1.12 bits per heavy atom. The van der Waals surface area contributed by atoms with E-state index >= 15 is 0 Å². The van der Waals surface area contributed by atoms with Crippen LogP contribution >= 0.6 is 23.5 Å². The van der Waals surface area contributed by atoms with Gasteiger partial charge in [-0.2, -0.15) is 0 Å². The molecule has 5 nitrogen and oxygen atoms in total. The molecule has 0 aliphatic carbocycles. The Balaban J connectivity index is 1.41. The summed E-state index contributed by atoms with van der Waals surface area (Å²) in [6.45, 7) is 1.19. The van der Waals surface area contributed by atoms with E-state index in [1.54, 1.807) is 23.5 Å². The van der Waals surface area contributed by atoms with Crippen LogP contribution in [0.4, 0.5) is 11.4 Å². The molecular formula is C26H21N5S2. The van der Waals surface area contributed by atoms with E-state index in [1.165, 1.54) is 20.6 Å². The van der Waals surface area contributed by atoms with Crippen LogP contribution in [0.3, 0.4) is 0 Å². The van der Waals surface area contributed by atoms with Gasteiger partial charge in [-0.25, -0.2) is 9.98 Å². The molecule has 2 aliphatic rings. The molecule has 2 aliphatic heterocycles. The maximum absolute atomic E-state index is 5.75. The first-order valence-electron chi connectivity index (χ1n) is 10.7. The summed E-state index contributed by atoms with van der Waals surface area (Å²) in [4.78, 5) is 12.5. The van der Waals surface area contributed by atoms with Crippen molar-refractivity contribution in [2.45, 2.75) is 22.9 Å². The van der Waals surface area contributed by atoms with Gasteiger partial charge in [0.2, 0.25) is 0 Å². The normalized spacial score (nSPS) is 14.2. The van der Waals surface area contributed by atoms with Crippen LogP contribution in [0.25, 0.3) is 10.8 Å². The van der Waals surface area contributed by atoms with E-state index in [2.05, 4.69) is 78.2 Å². The topological polar surface area (TPSA) is 88.8 Å². The number of nitrogens with one attached hydrogen (secondary N) is 1. The zero-order valence-corrected chi connectivity index (χ0v) is 19.3. The average molecular weight is 468 g/mol. The summed E-state index contributed by atoms with van der Waals surface area (Å²) in [5, 5.41) is 4.40. The molecule has 4 aromatic carbocycles. The number of hydrazine groups is 1. The number of rotatable bonds is 5. The predicted octanol–water partition coefficient (Wildman–Crippen LogP) is 5.63. The van der Waals surface area contributed by atoms with Gasteiger partial charge in [0, 0.05) is 44.8 Å². The Hall–Kier alpha value is -2.94. The lowest BCUT2D eigenvalue weighted by atomic mass is 10.1. The van der Waals surface area contributed by atoms with Gasteiger partial charge in [-0.05, 0) is 35.4 Å². The van der Waals surface area contributed by atoms with Crippen molar-refractivity contribution in [1.29, 1.82) is 0 Å². The molecular weight excluding hydrogens is 446 g/mol. The minimum absolute atomic E-state index is 0.544. The molecule has 0 amide bonds. The lowest BCUT2D eigenvalue weighted by molar-refractivity contribution is 0.741. The molecule has 0 fully saturated rings. The maximum atomic E-state index is 5.75. The summed E-state index contributed by atoms with van der Waals surface area (Å²) in [5.41, 5.74) is 14.9. The van der Waals surface area contributed by atoms with E-state index in [1.807, 2.05) is 0 Å². The van der Waals surface area contributed by atoms with Crippen molar-refractivity contribution in [3.05, 3.63) is 95.1 Å². The van der Waals surface area contributed by atoms with Gasteiger partial charge in [0.05, 0.1) is 11.4 Å². The largest absolute Gasteiger partial charge is 0.326 e. The highest BCUT2D eigenvalue weighted by Gasteiger charge is 2.24. The van der Waals surface area contributed by atoms with Gasteiger partial charge in [0.25, 0.3) is 0 Å². The third-order valence-electron chi connectivity index (χ3n) is 5.84. The van der Waals surface area contributed by atoms with Crippen molar-refractivity contribution < 1.29 is 0 Å². The second kappa shape index (κ2) is 8.44. The Labute approximate surface area is 200 Å². The standard InChI is InChI=1S/C26H21N5S2/c27-13-15-1-5-17(6-2-15)25-30-19-9-12-22-24-20(10-11-21(32-25)23(19)24)31-26(33-22)18-7-3-16(4-8-18)14-29-28/h1-12,29H,13-14,27-28H2. The molecule has 2 heterocycles. The van der Waals surface area contributed by atoms with Gasteiger partial charge >= 0.3 is 0 Å². The van der Waals surface area contributed by atoms with Gasteiger partial charge in [-0.3, -0.25) is 11.3 Å². The van der Waals surface area contributed by atoms with Crippen LogP contribution in [0.15, 0.2) is 92.6 Å². The number of benzene rings is 4. The molecule has 5 N–H and O–H groups in total. The molecule has 33 heavy (non-hydrogen) atoms. The monoisotopic (exact) mass is 467 g/mol. The summed E-state index contributed by atoms with van der Waals surface area (Å²) >= 11 is 3.43. The first-order valence-corrected chi connectivity index (χ1v) is 12.3. The SMILES string of the molecule is NCc1ccc(C2=Nc3ccc4c5c(ccc(c35)S2)N=C(c2ccc(CNN)cc2)S4)cc1. The number of nitrogens with zero attached hydrogens (tertiary/aromatic N) is 2. The van der Waals surface area contributed by atoms with Crippen LogP contribution < -0.4 is 17.0 Å². The minimum Gasteiger partial charge on any atom is -0.326 e. The maximum Gasteiger partial charge on any atom is 0.109 e. The van der Waals surface area contributed by atoms with E-state index in [9.17, 15) is 0 Å². The Morgan fingerprint density at radius 1 is 0.636 bits per heavy atom. The summed E-state index contributed by atoms with van der Waals surface area (Å²) in [6, 6.07) is 25.3. The van der Waals surface area contributed by atoms with Crippen LogP contribution in [0.5, 0.6) is 0 Å². The van der Waals surface area contributed by atoms with Crippen LogP contribution in [0, 0.1) is 0 Å². The van der Waals surface area contributed by atoms with Crippen LogP contribution in [0.1, 0.15) is 22.3 Å². The number of thioether (sulfide) groups is 2. The average Bonchev–Trinajstić information content (AvgIpc) is 2.87. The number of hydrogen-bond acceptors (Lipinski definition) is 7. The highest BCUT2D eigenvalue weighted by atomic mass is 32.2. The van der Waals surface area contributed by atoms with Gasteiger partial charge in [-0.1, -0.05) is 72.1 Å². The summed E-state index contributed by atoms with van der Waals surface area (Å²) < 4.78 is 0. The molecule has 0 unspecified atom stereocenters. The molecule has 0 aromatic heterocycles. The molecule has 0 radical (unpaired) electrons. The van der Waals surface area contributed by atoms with E-state index in [-0.39, 0.29) is 0 Å². The first-order chi connectivity index (χ1) is 16.2. The Morgan fingerprint density at radius 3 is 1.58 bits per heavy atom. The molecule has 4 aromatic rings. The fourth-order valence-corrected chi connectivity index (χ4v) is 6.24. The predicted molar refractivity (Wildman–Crippen MR) is 140 cm³/mol.